The molecule has 0 radical (unpaired) electrons. The van der Waals surface area contributed by atoms with Gasteiger partial charge in [-0.05, 0) is 18.6 Å². The summed E-state index contributed by atoms with van der Waals surface area (Å²) in [5.41, 5.74) is -0.820. The number of benzene rings is 1. The van der Waals surface area contributed by atoms with Crippen LogP contribution >= 0.6 is 0 Å². The Morgan fingerprint density at radius 1 is 1.48 bits per heavy atom. The van der Waals surface area contributed by atoms with E-state index >= 15 is 0 Å². The molecule has 7 nitrogen and oxygen atoms in total. The van der Waals surface area contributed by atoms with Gasteiger partial charge < -0.3 is 10.4 Å². The van der Waals surface area contributed by atoms with E-state index in [0.29, 0.717) is 12.8 Å². The quantitative estimate of drug-likeness (QED) is 0.590. The molecule has 8 heteroatoms. The first-order valence-corrected chi connectivity index (χ1v) is 6.31. The number of aliphatic carboxylic acids is 1. The summed E-state index contributed by atoms with van der Waals surface area (Å²) in [5, 5.41) is 21.8. The molecule has 0 aromatic heterocycles. The fraction of sp³-hybridized carbons (Fsp3) is 0.385. The van der Waals surface area contributed by atoms with Crippen LogP contribution < -0.4 is 5.32 Å². The van der Waals surface area contributed by atoms with Gasteiger partial charge in [0.15, 0.2) is 0 Å². The van der Waals surface area contributed by atoms with Crippen molar-refractivity contribution in [3.8, 4) is 0 Å². The van der Waals surface area contributed by atoms with Crippen LogP contribution in [-0.4, -0.2) is 28.5 Å². The van der Waals surface area contributed by atoms with Crippen LogP contribution in [-0.2, 0) is 4.79 Å². The predicted molar refractivity (Wildman–Crippen MR) is 71.4 cm³/mol. The zero-order valence-electron chi connectivity index (χ0n) is 11.3. The third kappa shape index (κ3) is 4.51. The van der Waals surface area contributed by atoms with Crippen LogP contribution in [0.3, 0.4) is 0 Å². The molecule has 0 spiro atoms. The van der Waals surface area contributed by atoms with Gasteiger partial charge in [-0.1, -0.05) is 13.3 Å². The SMILES string of the molecule is CCCC(CNC(=O)c1ccc([N+](=O)[O-])c(F)c1)C(=O)O. The Hall–Kier alpha value is -2.51. The van der Waals surface area contributed by atoms with E-state index in [-0.39, 0.29) is 12.1 Å². The molecular weight excluding hydrogens is 283 g/mol. The van der Waals surface area contributed by atoms with Crippen LogP contribution in [0.4, 0.5) is 10.1 Å². The molecule has 0 saturated heterocycles. The first-order chi connectivity index (χ1) is 9.86. The van der Waals surface area contributed by atoms with Gasteiger partial charge in [-0.15, -0.1) is 0 Å². The highest BCUT2D eigenvalue weighted by atomic mass is 19.1. The van der Waals surface area contributed by atoms with Gasteiger partial charge in [0.2, 0.25) is 5.82 Å². The molecule has 1 amide bonds. The molecule has 1 atom stereocenters. The second-order valence-corrected chi connectivity index (χ2v) is 4.46. The van der Waals surface area contributed by atoms with Gasteiger partial charge in [0.1, 0.15) is 0 Å². The Kier molecular flexibility index (Phi) is 5.77. The molecule has 0 bridgehead atoms. The van der Waals surface area contributed by atoms with Crippen molar-refractivity contribution in [1.82, 2.24) is 5.32 Å². The van der Waals surface area contributed by atoms with Gasteiger partial charge in [0.25, 0.3) is 5.91 Å². The molecule has 0 saturated carbocycles. The first kappa shape index (κ1) is 16.5. The third-order valence-electron chi connectivity index (χ3n) is 2.90. The molecule has 0 aliphatic heterocycles. The number of halogens is 1. The topological polar surface area (TPSA) is 110 Å². The van der Waals surface area contributed by atoms with Crippen molar-refractivity contribution >= 4 is 17.6 Å². The minimum absolute atomic E-state index is 0.0827. The third-order valence-corrected chi connectivity index (χ3v) is 2.90. The number of amides is 1. The zero-order chi connectivity index (χ0) is 16.0. The molecular formula is C13H15FN2O5. The fourth-order valence-corrected chi connectivity index (χ4v) is 1.78. The summed E-state index contributed by atoms with van der Waals surface area (Å²) in [6.07, 6.45) is 1.06. The van der Waals surface area contributed by atoms with E-state index in [9.17, 15) is 24.1 Å². The maximum Gasteiger partial charge on any atom is 0.308 e. The van der Waals surface area contributed by atoms with Crippen LogP contribution in [0.5, 0.6) is 0 Å². The lowest BCUT2D eigenvalue weighted by Gasteiger charge is -2.12. The summed E-state index contributed by atoms with van der Waals surface area (Å²) in [7, 11) is 0. The summed E-state index contributed by atoms with van der Waals surface area (Å²) in [4.78, 5) is 32.3. The molecule has 0 aliphatic carbocycles. The van der Waals surface area contributed by atoms with Crippen LogP contribution in [0.25, 0.3) is 0 Å². The van der Waals surface area contributed by atoms with E-state index in [2.05, 4.69) is 5.32 Å². The second-order valence-electron chi connectivity index (χ2n) is 4.46. The van der Waals surface area contributed by atoms with Crippen LogP contribution in [0.1, 0.15) is 30.1 Å². The Balaban J connectivity index is 2.74. The van der Waals surface area contributed by atoms with E-state index in [1.807, 2.05) is 6.92 Å². The number of carboxylic acid groups (broad SMARTS) is 1. The minimum atomic E-state index is -1.11. The lowest BCUT2D eigenvalue weighted by Crippen LogP contribution is -2.33. The smallest absolute Gasteiger partial charge is 0.308 e. The number of rotatable bonds is 7. The standard InChI is InChI=1S/C13H15FN2O5/c1-2-3-9(13(18)19)7-15-12(17)8-4-5-11(16(20)21)10(14)6-8/h4-6,9H,2-3,7H2,1H3,(H,15,17)(H,18,19). The van der Waals surface area contributed by atoms with Crippen molar-refractivity contribution in [2.75, 3.05) is 6.54 Å². The fourth-order valence-electron chi connectivity index (χ4n) is 1.78. The summed E-state index contributed by atoms with van der Waals surface area (Å²) < 4.78 is 13.4. The van der Waals surface area contributed by atoms with Crippen LogP contribution in [0, 0.1) is 21.8 Å². The predicted octanol–water partition coefficient (Wildman–Crippen LogP) is 1.96. The highest BCUT2D eigenvalue weighted by Crippen LogP contribution is 2.18. The Bertz CT molecular complexity index is 561. The van der Waals surface area contributed by atoms with Crippen LogP contribution in [0.2, 0.25) is 0 Å². The number of hydrogen-bond donors (Lipinski definition) is 2. The number of carbonyl (C=O) groups is 2. The molecule has 114 valence electrons. The van der Waals surface area contributed by atoms with Gasteiger partial charge in [0, 0.05) is 18.2 Å². The first-order valence-electron chi connectivity index (χ1n) is 6.31. The number of hydrogen-bond acceptors (Lipinski definition) is 4. The summed E-state index contributed by atoms with van der Waals surface area (Å²) >= 11 is 0. The van der Waals surface area contributed by atoms with E-state index in [0.717, 1.165) is 18.2 Å². The van der Waals surface area contributed by atoms with Gasteiger partial charge in [-0.3, -0.25) is 19.7 Å². The monoisotopic (exact) mass is 298 g/mol. The van der Waals surface area contributed by atoms with Gasteiger partial charge in [-0.2, -0.15) is 4.39 Å². The van der Waals surface area contributed by atoms with E-state index in [4.69, 9.17) is 5.11 Å². The van der Waals surface area contributed by atoms with Gasteiger partial charge >= 0.3 is 11.7 Å². The molecule has 1 rings (SSSR count). The van der Waals surface area contributed by atoms with Crippen molar-refractivity contribution in [1.29, 1.82) is 0 Å². The molecule has 1 aromatic carbocycles. The average Bonchev–Trinajstić information content (AvgIpc) is 2.42. The van der Waals surface area contributed by atoms with Crippen LogP contribution in [0.15, 0.2) is 18.2 Å². The number of carboxylic acids is 1. The minimum Gasteiger partial charge on any atom is -0.481 e. The van der Waals surface area contributed by atoms with E-state index in [1.165, 1.54) is 0 Å². The number of nitro benzene ring substituents is 1. The number of nitrogens with zero attached hydrogens (tertiary/aromatic N) is 1. The maximum atomic E-state index is 13.4. The molecule has 0 fully saturated rings. The Labute approximate surface area is 119 Å². The van der Waals surface area contributed by atoms with Crippen molar-refractivity contribution in [3.63, 3.8) is 0 Å². The zero-order valence-corrected chi connectivity index (χ0v) is 11.3. The largest absolute Gasteiger partial charge is 0.481 e. The lowest BCUT2D eigenvalue weighted by atomic mass is 10.0. The highest BCUT2D eigenvalue weighted by molar-refractivity contribution is 5.94. The summed E-state index contributed by atoms with van der Waals surface area (Å²) in [5.74, 6) is -3.53. The summed E-state index contributed by atoms with van der Waals surface area (Å²) in [6, 6.07) is 2.76. The Morgan fingerprint density at radius 2 is 2.14 bits per heavy atom. The number of nitrogens with one attached hydrogen (secondary N) is 1. The van der Waals surface area contributed by atoms with Crippen molar-refractivity contribution in [2.45, 2.75) is 19.8 Å². The molecule has 1 aromatic rings. The Morgan fingerprint density at radius 3 is 2.62 bits per heavy atom. The molecule has 21 heavy (non-hydrogen) atoms. The molecule has 0 heterocycles. The van der Waals surface area contributed by atoms with Crippen molar-refractivity contribution < 1.29 is 24.0 Å². The molecule has 1 unspecified atom stereocenters. The number of nitro groups is 1. The normalized spacial score (nSPS) is 11.7. The maximum absolute atomic E-state index is 13.4. The molecule has 2 N–H and O–H groups in total. The molecule has 0 aliphatic rings. The van der Waals surface area contributed by atoms with Crippen molar-refractivity contribution in [2.24, 2.45) is 5.92 Å². The van der Waals surface area contributed by atoms with E-state index < -0.39 is 34.2 Å². The highest BCUT2D eigenvalue weighted by Gasteiger charge is 2.19. The lowest BCUT2D eigenvalue weighted by molar-refractivity contribution is -0.387. The second kappa shape index (κ2) is 7.32. The van der Waals surface area contributed by atoms with Gasteiger partial charge in [0.05, 0.1) is 10.8 Å². The van der Waals surface area contributed by atoms with Gasteiger partial charge in [-0.25, -0.2) is 0 Å². The van der Waals surface area contributed by atoms with Crippen molar-refractivity contribution in [3.05, 3.63) is 39.7 Å². The summed E-state index contributed by atoms with van der Waals surface area (Å²) in [6.45, 7) is 1.74. The average molecular weight is 298 g/mol. The number of carbonyl (C=O) groups excluding carboxylic acids is 1. The van der Waals surface area contributed by atoms with E-state index in [1.54, 1.807) is 0 Å².